The number of aliphatic imine (C=N–C) groups is 1. The van der Waals surface area contributed by atoms with Crippen molar-refractivity contribution in [3.63, 3.8) is 0 Å². The van der Waals surface area contributed by atoms with E-state index in [1.165, 1.54) is 0 Å². The number of guanidine groups is 1. The molecule has 0 spiro atoms. The molecule has 0 aliphatic rings. The topological polar surface area (TPSA) is 86.1 Å². The first-order valence-electron chi connectivity index (χ1n) is 9.70. The summed E-state index contributed by atoms with van der Waals surface area (Å²) in [5.41, 5.74) is 2.15. The summed E-state index contributed by atoms with van der Waals surface area (Å²) in [7, 11) is 0. The molecular weight excluding hydrogens is 481 g/mol. The summed E-state index contributed by atoms with van der Waals surface area (Å²) in [5, 5.41) is 26.2. The Bertz CT molecular complexity index is 686. The van der Waals surface area contributed by atoms with Crippen LogP contribution in [0.1, 0.15) is 24.0 Å². The first-order valence-corrected chi connectivity index (χ1v) is 9.70. The predicted octanol–water partition coefficient (Wildman–Crippen LogP) is 2.51. The van der Waals surface area contributed by atoms with Crippen molar-refractivity contribution in [1.29, 1.82) is 0 Å². The van der Waals surface area contributed by atoms with Gasteiger partial charge in [-0.1, -0.05) is 60.7 Å². The Morgan fingerprint density at radius 3 is 2.31 bits per heavy atom. The van der Waals surface area contributed by atoms with Crippen LogP contribution in [0.4, 0.5) is 0 Å². The minimum absolute atomic E-state index is 0. The molecule has 0 saturated heterocycles. The van der Waals surface area contributed by atoms with Crippen molar-refractivity contribution >= 4 is 29.9 Å². The van der Waals surface area contributed by atoms with E-state index < -0.39 is 6.10 Å². The molecule has 0 amide bonds. The van der Waals surface area contributed by atoms with Gasteiger partial charge in [-0.3, -0.25) is 4.99 Å². The molecule has 7 heteroatoms. The van der Waals surface area contributed by atoms with E-state index in [0.29, 0.717) is 25.7 Å². The second-order valence-electron chi connectivity index (χ2n) is 6.55. The summed E-state index contributed by atoms with van der Waals surface area (Å²) in [6.07, 6.45) is -0.679. The Morgan fingerprint density at radius 2 is 1.69 bits per heavy atom. The summed E-state index contributed by atoms with van der Waals surface area (Å²) in [6.45, 7) is 4.22. The molecule has 6 nitrogen and oxygen atoms in total. The third-order valence-electron chi connectivity index (χ3n) is 4.23. The van der Waals surface area contributed by atoms with Crippen LogP contribution in [0.3, 0.4) is 0 Å². The average Bonchev–Trinajstić information content (AvgIpc) is 2.74. The molecule has 0 bridgehead atoms. The van der Waals surface area contributed by atoms with Gasteiger partial charge in [-0.05, 0) is 18.1 Å². The maximum Gasteiger partial charge on any atom is 0.191 e. The standard InChI is InChI=1S/C22H31N3O3.HI/c1-2-23-22(24-13-20(15-26)19-11-7-4-8-12-19)25-14-21(27)17-28-16-18-9-5-3-6-10-18;/h3-12,20-21,26-27H,2,13-17H2,1H3,(H2,23,24,25);1H. The molecule has 29 heavy (non-hydrogen) atoms. The first kappa shape index (κ1) is 25.4. The van der Waals surface area contributed by atoms with Crippen LogP contribution >= 0.6 is 24.0 Å². The molecule has 0 heterocycles. The molecule has 4 N–H and O–H groups in total. The number of aliphatic hydroxyl groups excluding tert-OH is 2. The molecule has 2 atom stereocenters. The highest BCUT2D eigenvalue weighted by molar-refractivity contribution is 14.0. The van der Waals surface area contributed by atoms with E-state index in [1.807, 2.05) is 67.6 Å². The summed E-state index contributed by atoms with van der Waals surface area (Å²) in [4.78, 5) is 4.42. The molecule has 2 unspecified atom stereocenters. The van der Waals surface area contributed by atoms with Crippen LogP contribution in [0.2, 0.25) is 0 Å². The van der Waals surface area contributed by atoms with Crippen molar-refractivity contribution in [2.75, 3.05) is 32.8 Å². The fourth-order valence-corrected chi connectivity index (χ4v) is 2.71. The third kappa shape index (κ3) is 10.1. The van der Waals surface area contributed by atoms with Gasteiger partial charge in [0.15, 0.2) is 5.96 Å². The Labute approximate surface area is 190 Å². The highest BCUT2D eigenvalue weighted by Crippen LogP contribution is 2.13. The second-order valence-corrected chi connectivity index (χ2v) is 6.55. The van der Waals surface area contributed by atoms with Gasteiger partial charge in [0.1, 0.15) is 0 Å². The van der Waals surface area contributed by atoms with E-state index in [0.717, 1.165) is 11.1 Å². The van der Waals surface area contributed by atoms with Gasteiger partial charge in [-0.2, -0.15) is 0 Å². The number of benzene rings is 2. The average molecular weight is 513 g/mol. The Kier molecular flexibility index (Phi) is 13.3. The number of aliphatic hydroxyl groups is 2. The van der Waals surface area contributed by atoms with Gasteiger partial charge >= 0.3 is 0 Å². The molecule has 2 rings (SSSR count). The molecule has 0 saturated carbocycles. The third-order valence-corrected chi connectivity index (χ3v) is 4.23. The van der Waals surface area contributed by atoms with E-state index in [-0.39, 0.29) is 49.7 Å². The lowest BCUT2D eigenvalue weighted by molar-refractivity contribution is 0.0331. The molecule has 0 aliphatic carbocycles. The lowest BCUT2D eigenvalue weighted by atomic mass is 10.0. The smallest absolute Gasteiger partial charge is 0.191 e. The number of ether oxygens (including phenoxy) is 1. The van der Waals surface area contributed by atoms with Gasteiger partial charge in [0.25, 0.3) is 0 Å². The summed E-state index contributed by atoms with van der Waals surface area (Å²) >= 11 is 0. The fraction of sp³-hybridized carbons (Fsp3) is 0.409. The lowest BCUT2D eigenvalue weighted by Crippen LogP contribution is -2.40. The first-order chi connectivity index (χ1) is 13.7. The highest BCUT2D eigenvalue weighted by Gasteiger charge is 2.11. The van der Waals surface area contributed by atoms with Crippen molar-refractivity contribution in [1.82, 2.24) is 10.6 Å². The molecule has 0 radical (unpaired) electrons. The van der Waals surface area contributed by atoms with Crippen LogP contribution in [-0.4, -0.2) is 55.1 Å². The number of hydrogen-bond acceptors (Lipinski definition) is 4. The van der Waals surface area contributed by atoms with Crippen LogP contribution in [-0.2, 0) is 11.3 Å². The van der Waals surface area contributed by atoms with Gasteiger partial charge < -0.3 is 25.6 Å². The van der Waals surface area contributed by atoms with Crippen molar-refractivity contribution in [3.05, 3.63) is 71.8 Å². The van der Waals surface area contributed by atoms with Gasteiger partial charge in [0.05, 0.1) is 32.5 Å². The van der Waals surface area contributed by atoms with Crippen LogP contribution in [0.15, 0.2) is 65.7 Å². The monoisotopic (exact) mass is 513 g/mol. The molecule has 160 valence electrons. The number of nitrogens with one attached hydrogen (secondary N) is 2. The molecular formula is C22H32IN3O3. The van der Waals surface area contributed by atoms with Crippen LogP contribution in [0.25, 0.3) is 0 Å². The van der Waals surface area contributed by atoms with Crippen molar-refractivity contribution < 1.29 is 14.9 Å². The van der Waals surface area contributed by atoms with Crippen LogP contribution in [0, 0.1) is 0 Å². The van der Waals surface area contributed by atoms with E-state index in [2.05, 4.69) is 15.6 Å². The molecule has 0 aliphatic heterocycles. The van der Waals surface area contributed by atoms with Crippen LogP contribution in [0.5, 0.6) is 0 Å². The molecule has 2 aromatic carbocycles. The number of nitrogens with zero attached hydrogens (tertiary/aromatic N) is 1. The molecule has 0 fully saturated rings. The van der Waals surface area contributed by atoms with Crippen molar-refractivity contribution in [2.45, 2.75) is 25.6 Å². The van der Waals surface area contributed by atoms with Gasteiger partial charge in [0.2, 0.25) is 0 Å². The van der Waals surface area contributed by atoms with E-state index >= 15 is 0 Å². The summed E-state index contributed by atoms with van der Waals surface area (Å²) in [5.74, 6) is 0.586. The number of halogens is 1. The number of rotatable bonds is 11. The Hall–Kier alpha value is -1.68. The van der Waals surface area contributed by atoms with Crippen molar-refractivity contribution in [3.8, 4) is 0 Å². The maximum absolute atomic E-state index is 10.1. The van der Waals surface area contributed by atoms with Crippen LogP contribution < -0.4 is 10.6 Å². The minimum Gasteiger partial charge on any atom is -0.396 e. The van der Waals surface area contributed by atoms with Gasteiger partial charge in [-0.15, -0.1) is 24.0 Å². The predicted molar refractivity (Wildman–Crippen MR) is 128 cm³/mol. The SMILES string of the molecule is CCNC(=NCC(O)COCc1ccccc1)NCC(CO)c1ccccc1.I. The largest absolute Gasteiger partial charge is 0.396 e. The van der Waals surface area contributed by atoms with Gasteiger partial charge in [-0.25, -0.2) is 0 Å². The zero-order valence-corrected chi connectivity index (χ0v) is 19.2. The van der Waals surface area contributed by atoms with Gasteiger partial charge in [0, 0.05) is 19.0 Å². The summed E-state index contributed by atoms with van der Waals surface area (Å²) in [6, 6.07) is 19.7. The fourth-order valence-electron chi connectivity index (χ4n) is 2.71. The Balaban J connectivity index is 0.00000420. The van der Waals surface area contributed by atoms with E-state index in [9.17, 15) is 10.2 Å². The molecule has 2 aromatic rings. The quantitative estimate of drug-likeness (QED) is 0.211. The zero-order valence-electron chi connectivity index (χ0n) is 16.8. The molecule has 0 aromatic heterocycles. The summed E-state index contributed by atoms with van der Waals surface area (Å²) < 4.78 is 5.55. The lowest BCUT2D eigenvalue weighted by Gasteiger charge is -2.18. The second kappa shape index (κ2) is 15.2. The normalized spacial score (nSPS) is 13.3. The number of hydrogen-bond donors (Lipinski definition) is 4. The van der Waals surface area contributed by atoms with E-state index in [4.69, 9.17) is 4.74 Å². The Morgan fingerprint density at radius 1 is 1.03 bits per heavy atom. The highest BCUT2D eigenvalue weighted by atomic mass is 127. The minimum atomic E-state index is -0.679. The maximum atomic E-state index is 10.1. The van der Waals surface area contributed by atoms with Crippen molar-refractivity contribution in [2.24, 2.45) is 4.99 Å². The zero-order chi connectivity index (χ0) is 20.0. The van der Waals surface area contributed by atoms with E-state index in [1.54, 1.807) is 0 Å².